The fourth-order valence-corrected chi connectivity index (χ4v) is 5.51. The molecule has 0 radical (unpaired) electrons. The van der Waals surface area contributed by atoms with E-state index < -0.39 is 5.79 Å². The van der Waals surface area contributed by atoms with Crippen molar-refractivity contribution in [1.29, 1.82) is 0 Å². The van der Waals surface area contributed by atoms with Crippen LogP contribution in [-0.4, -0.2) is 36.0 Å². The van der Waals surface area contributed by atoms with Crippen molar-refractivity contribution in [3.05, 3.63) is 0 Å². The molecule has 0 aromatic carbocycles. The van der Waals surface area contributed by atoms with E-state index in [2.05, 4.69) is 34.6 Å². The second kappa shape index (κ2) is 11.1. The topological polar surface area (TPSA) is 55.8 Å². The van der Waals surface area contributed by atoms with E-state index in [1.807, 2.05) is 0 Å². The number of hydrogen-bond donors (Lipinski definition) is 1. The zero-order valence-electron chi connectivity index (χ0n) is 18.4. The molecule has 28 heavy (non-hydrogen) atoms. The molecule has 3 rings (SSSR count). The van der Waals surface area contributed by atoms with Crippen LogP contribution >= 0.6 is 0 Å². The average molecular weight is 399 g/mol. The highest BCUT2D eigenvalue weighted by molar-refractivity contribution is 5.78. The van der Waals surface area contributed by atoms with Crippen LogP contribution in [0.2, 0.25) is 0 Å². The van der Waals surface area contributed by atoms with Crippen LogP contribution in [0.25, 0.3) is 0 Å². The molecule has 1 aliphatic heterocycles. The minimum atomic E-state index is -0.404. The molecule has 0 aromatic heterocycles. The Morgan fingerprint density at radius 2 is 1.75 bits per heavy atom. The van der Waals surface area contributed by atoms with Gasteiger partial charge in [-0.25, -0.2) is 0 Å². The minimum absolute atomic E-state index is 0. The number of carbonyl (C=O) groups excluding carboxylic acids is 1. The highest BCUT2D eigenvalue weighted by atomic mass is 16.7. The van der Waals surface area contributed by atoms with Gasteiger partial charge in [0.1, 0.15) is 11.9 Å². The van der Waals surface area contributed by atoms with Crippen molar-refractivity contribution < 1.29 is 19.4 Å². The van der Waals surface area contributed by atoms with Gasteiger partial charge in [0.25, 0.3) is 0 Å². The first-order valence-electron chi connectivity index (χ1n) is 11.1. The van der Waals surface area contributed by atoms with Crippen LogP contribution in [0.5, 0.6) is 0 Å². The average Bonchev–Trinajstić information content (AvgIpc) is 2.97. The van der Waals surface area contributed by atoms with Crippen LogP contribution in [0.1, 0.15) is 87.5 Å². The number of ketones is 1. The van der Waals surface area contributed by atoms with Gasteiger partial charge < -0.3 is 14.6 Å². The third-order valence-corrected chi connectivity index (χ3v) is 7.01. The van der Waals surface area contributed by atoms with Crippen LogP contribution < -0.4 is 0 Å². The standard InChI is InChI=1S/C13H24O3.C10H18O.CH4/c1-9(2)12-5-4-10(3)6-13(12)15-8-11(7-14)16-13;1-7-4-5-10(9(3)11)8(2)6-7;/h9-12,14H,4-8H2,1-3H3;7-8,10H,4-6H2,1-3H3;1H4/t10-,11?,12?,13?;7-,8-,10?;/m11./s1. The van der Waals surface area contributed by atoms with E-state index in [9.17, 15) is 4.79 Å². The predicted octanol–water partition coefficient (Wildman–Crippen LogP) is 5.47. The van der Waals surface area contributed by atoms with E-state index in [1.54, 1.807) is 6.92 Å². The van der Waals surface area contributed by atoms with Crippen molar-refractivity contribution in [2.45, 2.75) is 99.4 Å². The number of carbonyl (C=O) groups is 1. The van der Waals surface area contributed by atoms with Crippen molar-refractivity contribution in [1.82, 2.24) is 0 Å². The Labute approximate surface area is 173 Å². The molecule has 1 heterocycles. The van der Waals surface area contributed by atoms with Gasteiger partial charge in [0.15, 0.2) is 5.79 Å². The van der Waals surface area contributed by atoms with Gasteiger partial charge in [-0.3, -0.25) is 4.79 Å². The van der Waals surface area contributed by atoms with Gasteiger partial charge >= 0.3 is 0 Å². The molecular formula is C24H46O4. The van der Waals surface area contributed by atoms with Crippen molar-refractivity contribution in [2.75, 3.05) is 13.2 Å². The molecule has 4 nitrogen and oxygen atoms in total. The smallest absolute Gasteiger partial charge is 0.172 e. The van der Waals surface area contributed by atoms with Gasteiger partial charge in [0.05, 0.1) is 13.2 Å². The fourth-order valence-electron chi connectivity index (χ4n) is 5.51. The lowest BCUT2D eigenvalue weighted by Crippen LogP contribution is -2.47. The van der Waals surface area contributed by atoms with E-state index in [0.29, 0.717) is 42.0 Å². The summed E-state index contributed by atoms with van der Waals surface area (Å²) in [7, 11) is 0. The summed E-state index contributed by atoms with van der Waals surface area (Å²) in [5, 5.41) is 9.17. The van der Waals surface area contributed by atoms with Gasteiger partial charge in [0.2, 0.25) is 0 Å². The minimum Gasteiger partial charge on any atom is -0.394 e. The molecule has 0 amide bonds. The number of rotatable bonds is 3. The Morgan fingerprint density at radius 1 is 1.11 bits per heavy atom. The lowest BCUT2D eigenvalue weighted by atomic mass is 9.73. The molecule has 2 aliphatic carbocycles. The number of Topliss-reactive ketones (excluding diaryl/α,β-unsaturated/α-hetero) is 1. The third kappa shape index (κ3) is 6.27. The highest BCUT2D eigenvalue weighted by Gasteiger charge is 2.51. The van der Waals surface area contributed by atoms with Gasteiger partial charge in [-0.1, -0.05) is 54.9 Å². The lowest BCUT2D eigenvalue weighted by Gasteiger charge is -2.44. The van der Waals surface area contributed by atoms with E-state index in [0.717, 1.165) is 18.8 Å². The van der Waals surface area contributed by atoms with Crippen LogP contribution in [0, 0.1) is 35.5 Å². The maximum absolute atomic E-state index is 11.1. The highest BCUT2D eigenvalue weighted by Crippen LogP contribution is 2.47. The molecule has 4 heteroatoms. The third-order valence-electron chi connectivity index (χ3n) is 7.01. The molecule has 166 valence electrons. The number of aliphatic hydroxyl groups is 1. The van der Waals surface area contributed by atoms with Gasteiger partial charge in [-0.15, -0.1) is 0 Å². The summed E-state index contributed by atoms with van der Waals surface area (Å²) in [5.74, 6) is 3.52. The van der Waals surface area contributed by atoms with E-state index in [4.69, 9.17) is 14.6 Å². The Kier molecular flexibility index (Phi) is 10.1. The fraction of sp³-hybridized carbons (Fsp3) is 0.958. The summed E-state index contributed by atoms with van der Waals surface area (Å²) in [6.07, 6.45) is 6.91. The SMILES string of the molecule is C.CC(=O)C1CC[C@@H](C)C[C@H]1C.CC(C)C1CC[C@@H](C)CC12OCC(CO)O2. The molecule has 1 saturated heterocycles. The summed E-state index contributed by atoms with van der Waals surface area (Å²) >= 11 is 0. The largest absolute Gasteiger partial charge is 0.394 e. The normalized spacial score (nSPS) is 40.6. The van der Waals surface area contributed by atoms with Crippen LogP contribution in [-0.2, 0) is 14.3 Å². The first-order chi connectivity index (χ1) is 12.7. The van der Waals surface area contributed by atoms with Crippen molar-refractivity contribution in [3.63, 3.8) is 0 Å². The zero-order valence-corrected chi connectivity index (χ0v) is 18.4. The predicted molar refractivity (Wildman–Crippen MR) is 115 cm³/mol. The summed E-state index contributed by atoms with van der Waals surface area (Å²) < 4.78 is 12.0. The van der Waals surface area contributed by atoms with Crippen LogP contribution in [0.15, 0.2) is 0 Å². The Hall–Kier alpha value is -0.450. The van der Waals surface area contributed by atoms with Crippen molar-refractivity contribution in [2.24, 2.45) is 35.5 Å². The summed E-state index contributed by atoms with van der Waals surface area (Å²) in [5.41, 5.74) is 0. The maximum atomic E-state index is 11.1. The maximum Gasteiger partial charge on any atom is 0.172 e. The van der Waals surface area contributed by atoms with E-state index in [1.165, 1.54) is 25.7 Å². The van der Waals surface area contributed by atoms with Crippen LogP contribution in [0.3, 0.4) is 0 Å². The number of ether oxygens (including phenoxy) is 2. The molecule has 3 aliphatic rings. The number of aliphatic hydroxyl groups excluding tert-OH is 1. The summed E-state index contributed by atoms with van der Waals surface area (Å²) in [6.45, 7) is 13.6. The second-order valence-corrected chi connectivity index (χ2v) is 9.90. The second-order valence-electron chi connectivity index (χ2n) is 9.90. The molecule has 1 spiro atoms. The van der Waals surface area contributed by atoms with Gasteiger partial charge in [-0.2, -0.15) is 0 Å². The van der Waals surface area contributed by atoms with Crippen molar-refractivity contribution in [3.8, 4) is 0 Å². The Bertz CT molecular complexity index is 477. The van der Waals surface area contributed by atoms with Crippen molar-refractivity contribution >= 4 is 5.78 Å². The molecule has 4 unspecified atom stereocenters. The molecule has 1 N–H and O–H groups in total. The summed E-state index contributed by atoms with van der Waals surface area (Å²) in [4.78, 5) is 11.1. The quantitative estimate of drug-likeness (QED) is 0.685. The monoisotopic (exact) mass is 398 g/mol. The molecule has 3 fully saturated rings. The number of hydrogen-bond acceptors (Lipinski definition) is 4. The van der Waals surface area contributed by atoms with Gasteiger partial charge in [-0.05, 0) is 49.9 Å². The van der Waals surface area contributed by atoms with Gasteiger partial charge in [0, 0.05) is 18.3 Å². The molecule has 7 atom stereocenters. The molecule has 2 saturated carbocycles. The first kappa shape index (κ1) is 25.6. The Morgan fingerprint density at radius 3 is 2.25 bits per heavy atom. The van der Waals surface area contributed by atoms with E-state index >= 15 is 0 Å². The zero-order chi connectivity index (χ0) is 20.2. The Balaban J connectivity index is 0.000000289. The molecular weight excluding hydrogens is 352 g/mol. The van der Waals surface area contributed by atoms with E-state index in [-0.39, 0.29) is 20.1 Å². The molecule has 0 aromatic rings. The lowest BCUT2D eigenvalue weighted by molar-refractivity contribution is -0.240. The summed E-state index contributed by atoms with van der Waals surface area (Å²) in [6, 6.07) is 0. The first-order valence-corrected chi connectivity index (χ1v) is 11.1. The van der Waals surface area contributed by atoms with Crippen LogP contribution in [0.4, 0.5) is 0 Å². The molecule has 0 bridgehead atoms.